The number of aromatic nitrogens is 4. The third kappa shape index (κ3) is 2.72. The Morgan fingerprint density at radius 3 is 2.63 bits per heavy atom. The van der Waals surface area contributed by atoms with Gasteiger partial charge >= 0.3 is 0 Å². The molecule has 0 amide bonds. The Morgan fingerprint density at radius 1 is 1.16 bits per heavy atom. The number of aryl methyl sites for hydroxylation is 2. The van der Waals surface area contributed by atoms with Crippen LogP contribution in [0.1, 0.15) is 55.2 Å². The Kier molecular flexibility index (Phi) is 3.40. The fourth-order valence-corrected chi connectivity index (χ4v) is 3.00. The van der Waals surface area contributed by atoms with E-state index < -0.39 is 0 Å². The van der Waals surface area contributed by atoms with Gasteiger partial charge in [-0.15, -0.1) is 0 Å². The topological polar surface area (TPSA) is 35.6 Å². The summed E-state index contributed by atoms with van der Waals surface area (Å²) in [5, 5.41) is 9.23. The summed E-state index contributed by atoms with van der Waals surface area (Å²) in [5.74, 6) is 0. The number of nitrogens with zero attached hydrogens (tertiary/aromatic N) is 4. The highest BCUT2D eigenvalue weighted by Crippen LogP contribution is 2.27. The summed E-state index contributed by atoms with van der Waals surface area (Å²) in [7, 11) is 0. The van der Waals surface area contributed by atoms with E-state index in [4.69, 9.17) is 5.10 Å². The molecule has 19 heavy (non-hydrogen) atoms. The van der Waals surface area contributed by atoms with Gasteiger partial charge in [-0.3, -0.25) is 9.36 Å². The van der Waals surface area contributed by atoms with Gasteiger partial charge in [0.25, 0.3) is 0 Å². The molecule has 0 aromatic carbocycles. The van der Waals surface area contributed by atoms with E-state index in [2.05, 4.69) is 35.0 Å². The van der Waals surface area contributed by atoms with Gasteiger partial charge in [0.15, 0.2) is 0 Å². The average Bonchev–Trinajstić information content (AvgIpc) is 2.99. The Morgan fingerprint density at radius 2 is 1.95 bits per heavy atom. The highest BCUT2D eigenvalue weighted by Gasteiger charge is 2.16. The molecule has 1 saturated carbocycles. The van der Waals surface area contributed by atoms with Gasteiger partial charge in [0, 0.05) is 11.9 Å². The quantitative estimate of drug-likeness (QED) is 0.847. The van der Waals surface area contributed by atoms with E-state index in [-0.39, 0.29) is 0 Å². The van der Waals surface area contributed by atoms with Crippen LogP contribution in [0.2, 0.25) is 0 Å². The molecule has 1 aliphatic carbocycles. The zero-order valence-electron chi connectivity index (χ0n) is 11.8. The maximum atomic E-state index is 4.74. The second kappa shape index (κ2) is 5.19. The number of hydrogen-bond acceptors (Lipinski definition) is 2. The zero-order chi connectivity index (χ0) is 13.2. The minimum absolute atomic E-state index is 0.614. The van der Waals surface area contributed by atoms with Crippen molar-refractivity contribution in [1.82, 2.24) is 19.6 Å². The van der Waals surface area contributed by atoms with Crippen LogP contribution >= 0.6 is 0 Å². The minimum atomic E-state index is 0.614. The summed E-state index contributed by atoms with van der Waals surface area (Å²) >= 11 is 0. The summed E-state index contributed by atoms with van der Waals surface area (Å²) in [4.78, 5) is 0. The summed E-state index contributed by atoms with van der Waals surface area (Å²) < 4.78 is 4.20. The highest BCUT2D eigenvalue weighted by molar-refractivity contribution is 5.09. The summed E-state index contributed by atoms with van der Waals surface area (Å²) in [6, 6.07) is 4.85. The second-order valence-corrected chi connectivity index (χ2v) is 5.66. The van der Waals surface area contributed by atoms with Crippen molar-refractivity contribution in [3.8, 4) is 0 Å². The van der Waals surface area contributed by atoms with Gasteiger partial charge in [-0.25, -0.2) is 0 Å². The van der Waals surface area contributed by atoms with Crippen LogP contribution < -0.4 is 0 Å². The smallest absolute Gasteiger partial charge is 0.0852 e. The van der Waals surface area contributed by atoms with E-state index in [9.17, 15) is 0 Å². The molecule has 2 aromatic heterocycles. The third-order valence-electron chi connectivity index (χ3n) is 4.03. The first-order valence-corrected chi connectivity index (χ1v) is 7.27. The average molecular weight is 258 g/mol. The lowest BCUT2D eigenvalue weighted by atomic mass is 9.96. The monoisotopic (exact) mass is 258 g/mol. The lowest BCUT2D eigenvalue weighted by molar-refractivity contribution is 0.327. The summed E-state index contributed by atoms with van der Waals surface area (Å²) in [6.07, 6.45) is 8.77. The molecule has 0 spiro atoms. The van der Waals surface area contributed by atoms with E-state index in [0.29, 0.717) is 6.04 Å². The summed E-state index contributed by atoms with van der Waals surface area (Å²) in [5.41, 5.74) is 3.38. The third-order valence-corrected chi connectivity index (χ3v) is 4.03. The van der Waals surface area contributed by atoms with Crippen molar-refractivity contribution in [1.29, 1.82) is 0 Å². The number of hydrogen-bond donors (Lipinski definition) is 0. The van der Waals surface area contributed by atoms with Crippen molar-refractivity contribution >= 4 is 0 Å². The fraction of sp³-hybridized carbons (Fsp3) is 0.600. The minimum Gasteiger partial charge on any atom is -0.269 e. The SMILES string of the molecule is Cc1cc(C)n(Cc2ccn(C3CCCCC3)n2)n1. The van der Waals surface area contributed by atoms with Crippen LogP contribution in [-0.2, 0) is 6.54 Å². The first kappa shape index (κ1) is 12.5. The predicted molar refractivity (Wildman–Crippen MR) is 75.2 cm³/mol. The van der Waals surface area contributed by atoms with Crippen molar-refractivity contribution in [2.45, 2.75) is 58.5 Å². The van der Waals surface area contributed by atoms with Gasteiger partial charge in [0.1, 0.15) is 0 Å². The van der Waals surface area contributed by atoms with Gasteiger partial charge in [-0.05, 0) is 38.8 Å². The van der Waals surface area contributed by atoms with Gasteiger partial charge in [-0.1, -0.05) is 19.3 Å². The highest BCUT2D eigenvalue weighted by atomic mass is 15.3. The first-order valence-electron chi connectivity index (χ1n) is 7.27. The molecule has 4 heteroatoms. The van der Waals surface area contributed by atoms with Crippen LogP contribution in [0.5, 0.6) is 0 Å². The molecular formula is C15H22N4. The molecule has 0 N–H and O–H groups in total. The van der Waals surface area contributed by atoms with E-state index in [1.165, 1.54) is 37.8 Å². The number of rotatable bonds is 3. The Labute approximate surface area is 114 Å². The molecule has 0 saturated heterocycles. The maximum absolute atomic E-state index is 4.74. The van der Waals surface area contributed by atoms with Crippen LogP contribution in [-0.4, -0.2) is 19.6 Å². The van der Waals surface area contributed by atoms with E-state index >= 15 is 0 Å². The normalized spacial score (nSPS) is 16.9. The molecule has 3 rings (SSSR count). The Hall–Kier alpha value is -1.58. The van der Waals surface area contributed by atoms with Gasteiger partial charge in [0.2, 0.25) is 0 Å². The van der Waals surface area contributed by atoms with E-state index in [0.717, 1.165) is 17.9 Å². The van der Waals surface area contributed by atoms with Crippen LogP contribution in [0.4, 0.5) is 0 Å². The molecule has 0 unspecified atom stereocenters. The molecule has 1 aliphatic rings. The molecule has 1 fully saturated rings. The van der Waals surface area contributed by atoms with Crippen molar-refractivity contribution in [3.63, 3.8) is 0 Å². The maximum Gasteiger partial charge on any atom is 0.0852 e. The molecule has 0 radical (unpaired) electrons. The Bertz CT molecular complexity index is 546. The lowest BCUT2D eigenvalue weighted by Crippen LogP contribution is -2.14. The van der Waals surface area contributed by atoms with Gasteiger partial charge in [0.05, 0.1) is 24.0 Å². The largest absolute Gasteiger partial charge is 0.269 e. The standard InChI is InChI=1S/C15H22N4/c1-12-10-13(2)19(16-12)11-14-8-9-18(17-14)15-6-4-3-5-7-15/h8-10,15H,3-7,11H2,1-2H3. The molecule has 0 atom stereocenters. The van der Waals surface area contributed by atoms with Gasteiger partial charge < -0.3 is 0 Å². The van der Waals surface area contributed by atoms with Crippen molar-refractivity contribution in [2.24, 2.45) is 0 Å². The van der Waals surface area contributed by atoms with Crippen LogP contribution in [0.25, 0.3) is 0 Å². The molecule has 2 heterocycles. The first-order chi connectivity index (χ1) is 9.22. The molecule has 4 nitrogen and oxygen atoms in total. The zero-order valence-corrected chi connectivity index (χ0v) is 11.8. The van der Waals surface area contributed by atoms with Crippen molar-refractivity contribution in [3.05, 3.63) is 35.4 Å². The molecule has 0 aliphatic heterocycles. The van der Waals surface area contributed by atoms with Crippen LogP contribution in [0, 0.1) is 13.8 Å². The molecule has 2 aromatic rings. The van der Waals surface area contributed by atoms with Gasteiger partial charge in [-0.2, -0.15) is 10.2 Å². The Balaban J connectivity index is 1.72. The van der Waals surface area contributed by atoms with Crippen LogP contribution in [0.15, 0.2) is 18.3 Å². The predicted octanol–water partition coefficient (Wildman–Crippen LogP) is 3.25. The summed E-state index contributed by atoms with van der Waals surface area (Å²) in [6.45, 7) is 4.90. The fourth-order valence-electron chi connectivity index (χ4n) is 3.00. The van der Waals surface area contributed by atoms with E-state index in [1.807, 2.05) is 11.6 Å². The molecule has 102 valence electrons. The lowest BCUT2D eigenvalue weighted by Gasteiger charge is -2.21. The van der Waals surface area contributed by atoms with Crippen LogP contribution in [0.3, 0.4) is 0 Å². The van der Waals surface area contributed by atoms with Crippen molar-refractivity contribution < 1.29 is 0 Å². The van der Waals surface area contributed by atoms with Crippen molar-refractivity contribution in [2.75, 3.05) is 0 Å². The molecular weight excluding hydrogens is 236 g/mol. The molecule has 0 bridgehead atoms. The van der Waals surface area contributed by atoms with E-state index in [1.54, 1.807) is 0 Å². The second-order valence-electron chi connectivity index (χ2n) is 5.66.